The summed E-state index contributed by atoms with van der Waals surface area (Å²) in [4.78, 5) is 26.2. The van der Waals surface area contributed by atoms with Crippen LogP contribution < -0.4 is 10.6 Å². The van der Waals surface area contributed by atoms with E-state index < -0.39 is 0 Å². The number of urea groups is 1. The zero-order chi connectivity index (χ0) is 18.6. The molecule has 26 heavy (non-hydrogen) atoms. The molecule has 1 saturated carbocycles. The van der Waals surface area contributed by atoms with Gasteiger partial charge in [-0.25, -0.2) is 4.79 Å². The second kappa shape index (κ2) is 8.59. The summed E-state index contributed by atoms with van der Waals surface area (Å²) in [5.41, 5.74) is 0.237. The molecule has 2 saturated heterocycles. The molecule has 6 nitrogen and oxygen atoms in total. The van der Waals surface area contributed by atoms with Gasteiger partial charge in [-0.15, -0.1) is 0 Å². The number of nitrogens with zero attached hydrogens (tertiary/aromatic N) is 1. The summed E-state index contributed by atoms with van der Waals surface area (Å²) in [5.74, 6) is 1.45. The molecule has 0 radical (unpaired) electrons. The number of nitrogens with one attached hydrogen (secondary N) is 2. The lowest BCUT2D eigenvalue weighted by molar-refractivity contribution is -0.142. The van der Waals surface area contributed by atoms with E-state index in [4.69, 9.17) is 4.74 Å². The normalized spacial score (nSPS) is 31.5. The second-order valence-corrected chi connectivity index (χ2v) is 8.71. The molecular formula is C20H35N3O3. The molecule has 0 aromatic heterocycles. The molecule has 3 aliphatic rings. The summed E-state index contributed by atoms with van der Waals surface area (Å²) in [6, 6.07) is -0.155. The molecule has 0 aromatic carbocycles. The number of carbonyl (C=O) groups excluding carboxylic acids is 2. The molecule has 3 rings (SSSR count). The lowest BCUT2D eigenvalue weighted by Gasteiger charge is -2.46. The van der Waals surface area contributed by atoms with Crippen LogP contribution in [0.4, 0.5) is 4.79 Å². The van der Waals surface area contributed by atoms with Crippen LogP contribution in [0.2, 0.25) is 0 Å². The summed E-state index contributed by atoms with van der Waals surface area (Å²) in [6.45, 7) is 5.40. The molecule has 3 fully saturated rings. The fraction of sp³-hybridized carbons (Fsp3) is 0.900. The van der Waals surface area contributed by atoms with Crippen LogP contribution in [0.1, 0.15) is 58.3 Å². The molecule has 2 aliphatic heterocycles. The van der Waals surface area contributed by atoms with Crippen molar-refractivity contribution in [3.8, 4) is 0 Å². The Morgan fingerprint density at radius 2 is 1.77 bits per heavy atom. The first-order valence-electron chi connectivity index (χ1n) is 10.4. The van der Waals surface area contributed by atoms with E-state index in [1.165, 1.54) is 12.8 Å². The van der Waals surface area contributed by atoms with Gasteiger partial charge in [0.05, 0.1) is 12.7 Å². The van der Waals surface area contributed by atoms with E-state index in [2.05, 4.69) is 22.5 Å². The first-order valence-corrected chi connectivity index (χ1v) is 10.4. The maximum atomic E-state index is 12.8. The number of carbonyl (C=O) groups is 2. The molecule has 1 aliphatic carbocycles. The third-order valence-electron chi connectivity index (χ3n) is 6.84. The molecule has 0 bridgehead atoms. The van der Waals surface area contributed by atoms with E-state index in [9.17, 15) is 9.59 Å². The van der Waals surface area contributed by atoms with Crippen molar-refractivity contribution >= 4 is 11.9 Å². The number of amides is 3. The molecule has 1 atom stereocenters. The maximum Gasteiger partial charge on any atom is 0.314 e. The highest BCUT2D eigenvalue weighted by atomic mass is 16.5. The first kappa shape index (κ1) is 19.5. The van der Waals surface area contributed by atoms with Gasteiger partial charge >= 0.3 is 6.03 Å². The average Bonchev–Trinajstić information content (AvgIpc) is 2.68. The fourth-order valence-electron chi connectivity index (χ4n) is 4.73. The van der Waals surface area contributed by atoms with Gasteiger partial charge in [0.15, 0.2) is 0 Å². The predicted molar refractivity (Wildman–Crippen MR) is 101 cm³/mol. The van der Waals surface area contributed by atoms with Crippen LogP contribution >= 0.6 is 0 Å². The minimum atomic E-state index is -0.155. The van der Waals surface area contributed by atoms with Crippen molar-refractivity contribution in [3.63, 3.8) is 0 Å². The van der Waals surface area contributed by atoms with Crippen molar-refractivity contribution < 1.29 is 14.3 Å². The summed E-state index contributed by atoms with van der Waals surface area (Å²) in [7, 11) is 1.62. The van der Waals surface area contributed by atoms with E-state index in [1.54, 1.807) is 7.05 Å². The smallest absolute Gasteiger partial charge is 0.314 e. The van der Waals surface area contributed by atoms with Crippen LogP contribution in [0.15, 0.2) is 0 Å². The molecule has 3 amide bonds. The molecule has 1 unspecified atom stereocenters. The van der Waals surface area contributed by atoms with Gasteiger partial charge in [-0.3, -0.25) is 4.79 Å². The van der Waals surface area contributed by atoms with Gasteiger partial charge in [0.25, 0.3) is 0 Å². The summed E-state index contributed by atoms with van der Waals surface area (Å²) in [5, 5.41) is 5.39. The molecule has 6 heteroatoms. The summed E-state index contributed by atoms with van der Waals surface area (Å²) in [6.07, 6.45) is 8.89. The van der Waals surface area contributed by atoms with E-state index >= 15 is 0 Å². The number of hydrogen-bond donors (Lipinski definition) is 2. The van der Waals surface area contributed by atoms with Gasteiger partial charge in [-0.05, 0) is 62.7 Å². The van der Waals surface area contributed by atoms with Crippen LogP contribution in [0.5, 0.6) is 0 Å². The standard InChI is InChI=1S/C20H35N3O3/c1-15-3-5-16(6-4-15)18(24)23-11-9-20(10-12-23)8-7-17(26-14-20)13-22-19(25)21-2/h15-17H,3-14H2,1-2H3,(H2,21,22,25). The zero-order valence-corrected chi connectivity index (χ0v) is 16.4. The molecular weight excluding hydrogens is 330 g/mol. The Kier molecular flexibility index (Phi) is 6.43. The Morgan fingerprint density at radius 1 is 1.08 bits per heavy atom. The van der Waals surface area contributed by atoms with Gasteiger partial charge in [-0.1, -0.05) is 6.92 Å². The average molecular weight is 366 g/mol. The van der Waals surface area contributed by atoms with E-state index in [0.29, 0.717) is 12.5 Å². The molecule has 148 valence electrons. The number of ether oxygens (including phenoxy) is 1. The van der Waals surface area contributed by atoms with Gasteiger partial charge < -0.3 is 20.3 Å². The number of hydrogen-bond acceptors (Lipinski definition) is 3. The quantitative estimate of drug-likeness (QED) is 0.807. The Balaban J connectivity index is 1.41. The third kappa shape index (κ3) is 4.70. The van der Waals surface area contributed by atoms with Crippen molar-refractivity contribution in [1.29, 1.82) is 0 Å². The lowest BCUT2D eigenvalue weighted by atomic mass is 9.73. The molecule has 1 spiro atoms. The summed E-state index contributed by atoms with van der Waals surface area (Å²) >= 11 is 0. The Bertz CT molecular complexity index is 485. The van der Waals surface area contributed by atoms with Crippen molar-refractivity contribution in [1.82, 2.24) is 15.5 Å². The van der Waals surface area contributed by atoms with Crippen LogP contribution in [-0.2, 0) is 9.53 Å². The van der Waals surface area contributed by atoms with Crippen molar-refractivity contribution in [2.75, 3.05) is 33.3 Å². The van der Waals surface area contributed by atoms with Gasteiger partial charge in [0.2, 0.25) is 5.91 Å². The molecule has 2 heterocycles. The van der Waals surface area contributed by atoms with Crippen LogP contribution in [0.3, 0.4) is 0 Å². The number of piperidine rings is 1. The lowest BCUT2D eigenvalue weighted by Crippen LogP contribution is -2.50. The van der Waals surface area contributed by atoms with E-state index in [1.807, 2.05) is 0 Å². The van der Waals surface area contributed by atoms with Crippen LogP contribution in [-0.4, -0.2) is 56.2 Å². The van der Waals surface area contributed by atoms with Gasteiger partial charge in [-0.2, -0.15) is 0 Å². The highest BCUT2D eigenvalue weighted by molar-refractivity contribution is 5.79. The fourth-order valence-corrected chi connectivity index (χ4v) is 4.73. The number of likely N-dealkylation sites (tertiary alicyclic amines) is 1. The van der Waals surface area contributed by atoms with Crippen LogP contribution in [0.25, 0.3) is 0 Å². The van der Waals surface area contributed by atoms with E-state index in [0.717, 1.165) is 64.1 Å². The molecule has 2 N–H and O–H groups in total. The summed E-state index contributed by atoms with van der Waals surface area (Å²) < 4.78 is 6.04. The van der Waals surface area contributed by atoms with E-state index in [-0.39, 0.29) is 23.5 Å². The van der Waals surface area contributed by atoms with Crippen LogP contribution in [0, 0.1) is 17.3 Å². The minimum absolute atomic E-state index is 0.113. The third-order valence-corrected chi connectivity index (χ3v) is 6.84. The Labute approximate surface area is 157 Å². The number of rotatable bonds is 3. The molecule has 0 aromatic rings. The maximum absolute atomic E-state index is 12.8. The zero-order valence-electron chi connectivity index (χ0n) is 16.4. The minimum Gasteiger partial charge on any atom is -0.376 e. The Morgan fingerprint density at radius 3 is 2.35 bits per heavy atom. The highest BCUT2D eigenvalue weighted by Crippen LogP contribution is 2.41. The van der Waals surface area contributed by atoms with Crippen molar-refractivity contribution in [3.05, 3.63) is 0 Å². The van der Waals surface area contributed by atoms with Gasteiger partial charge in [0.1, 0.15) is 0 Å². The second-order valence-electron chi connectivity index (χ2n) is 8.71. The van der Waals surface area contributed by atoms with Crippen molar-refractivity contribution in [2.45, 2.75) is 64.4 Å². The monoisotopic (exact) mass is 365 g/mol. The largest absolute Gasteiger partial charge is 0.376 e. The predicted octanol–water partition coefficient (Wildman–Crippen LogP) is 2.53. The highest BCUT2D eigenvalue weighted by Gasteiger charge is 2.40. The Hall–Kier alpha value is -1.30. The first-order chi connectivity index (χ1) is 12.5. The topological polar surface area (TPSA) is 70.7 Å². The SMILES string of the molecule is CNC(=O)NCC1CCC2(CCN(C(=O)C3CCC(C)CC3)CC2)CO1. The van der Waals surface area contributed by atoms with Crippen molar-refractivity contribution in [2.24, 2.45) is 17.3 Å². The van der Waals surface area contributed by atoms with Gasteiger partial charge in [0, 0.05) is 32.6 Å².